The van der Waals surface area contributed by atoms with E-state index in [9.17, 15) is 9.18 Å². The largest absolute Gasteiger partial charge is 0.493 e. The zero-order chi connectivity index (χ0) is 20.1. The summed E-state index contributed by atoms with van der Waals surface area (Å²) in [6.07, 6.45) is 0.909. The second-order valence-corrected chi connectivity index (χ2v) is 8.02. The number of amides is 1. The molecule has 0 saturated heterocycles. The minimum absolute atomic E-state index is 0.193. The van der Waals surface area contributed by atoms with Crippen LogP contribution in [0.1, 0.15) is 13.3 Å². The van der Waals surface area contributed by atoms with E-state index in [1.807, 2.05) is 16.7 Å². The number of aryl methyl sites for hydroxylation is 1. The van der Waals surface area contributed by atoms with Crippen LogP contribution in [0.3, 0.4) is 0 Å². The van der Waals surface area contributed by atoms with Crippen LogP contribution in [0.4, 0.5) is 4.39 Å². The number of fused-ring (bicyclic) bond motifs is 1. The van der Waals surface area contributed by atoms with Gasteiger partial charge in [-0.2, -0.15) is 4.99 Å². The van der Waals surface area contributed by atoms with Gasteiger partial charge in [-0.05, 0) is 30.7 Å². The van der Waals surface area contributed by atoms with Gasteiger partial charge in [0, 0.05) is 23.6 Å². The normalized spacial score (nSPS) is 11.8. The second-order valence-electron chi connectivity index (χ2n) is 5.96. The number of halogens is 1. The van der Waals surface area contributed by atoms with Crippen molar-refractivity contribution in [3.8, 4) is 11.5 Å². The molecule has 8 heteroatoms. The van der Waals surface area contributed by atoms with Crippen LogP contribution in [0.25, 0.3) is 10.2 Å². The molecule has 0 bridgehead atoms. The Kier molecular flexibility index (Phi) is 6.74. The highest BCUT2D eigenvalue weighted by atomic mass is 32.2. The average molecular weight is 421 g/mol. The molecular weight excluding hydrogens is 399 g/mol. The van der Waals surface area contributed by atoms with Gasteiger partial charge in [-0.15, -0.1) is 11.8 Å². The van der Waals surface area contributed by atoms with Gasteiger partial charge < -0.3 is 14.0 Å². The molecule has 1 amide bonds. The first-order chi connectivity index (χ1) is 13.5. The van der Waals surface area contributed by atoms with Gasteiger partial charge in [0.05, 0.1) is 30.2 Å². The summed E-state index contributed by atoms with van der Waals surface area (Å²) >= 11 is 2.79. The van der Waals surface area contributed by atoms with Crippen LogP contribution >= 0.6 is 23.1 Å². The van der Waals surface area contributed by atoms with Crippen molar-refractivity contribution in [2.24, 2.45) is 4.99 Å². The molecule has 0 aliphatic carbocycles. The second kappa shape index (κ2) is 9.25. The molecule has 1 heterocycles. The summed E-state index contributed by atoms with van der Waals surface area (Å²) in [7, 11) is 3.20. The van der Waals surface area contributed by atoms with E-state index in [1.165, 1.54) is 35.2 Å². The van der Waals surface area contributed by atoms with Gasteiger partial charge in [-0.1, -0.05) is 18.3 Å². The fraction of sp³-hybridized carbons (Fsp3) is 0.300. The van der Waals surface area contributed by atoms with E-state index in [-0.39, 0.29) is 17.5 Å². The maximum absolute atomic E-state index is 13.0. The van der Waals surface area contributed by atoms with E-state index in [0.29, 0.717) is 16.3 Å². The highest BCUT2D eigenvalue weighted by Crippen LogP contribution is 2.33. The molecule has 0 unspecified atom stereocenters. The highest BCUT2D eigenvalue weighted by molar-refractivity contribution is 8.00. The van der Waals surface area contributed by atoms with Gasteiger partial charge in [0.2, 0.25) is 0 Å². The van der Waals surface area contributed by atoms with Crippen LogP contribution < -0.4 is 14.3 Å². The number of thioether (sulfide) groups is 1. The molecule has 0 saturated carbocycles. The minimum atomic E-state index is -0.294. The van der Waals surface area contributed by atoms with Crippen molar-refractivity contribution >= 4 is 39.2 Å². The standard InChI is InChI=1S/C20H21FN2O3S2/c1-4-9-23-15-10-16(25-2)17(26-3)11-18(15)28-20(23)22-19(24)12-27-14-7-5-13(21)6-8-14/h5-8,10-11H,4,9,12H2,1-3H3. The summed E-state index contributed by atoms with van der Waals surface area (Å²) in [5.74, 6) is 0.951. The summed E-state index contributed by atoms with van der Waals surface area (Å²) in [6, 6.07) is 9.89. The number of rotatable bonds is 7. The molecule has 0 aliphatic rings. The van der Waals surface area contributed by atoms with E-state index < -0.39 is 0 Å². The zero-order valence-electron chi connectivity index (χ0n) is 15.9. The third-order valence-electron chi connectivity index (χ3n) is 4.03. The minimum Gasteiger partial charge on any atom is -0.493 e. The molecule has 1 aromatic heterocycles. The van der Waals surface area contributed by atoms with Gasteiger partial charge in [-0.25, -0.2) is 4.39 Å². The summed E-state index contributed by atoms with van der Waals surface area (Å²) in [6.45, 7) is 2.82. The summed E-state index contributed by atoms with van der Waals surface area (Å²) in [5.41, 5.74) is 0.960. The average Bonchev–Trinajstić information content (AvgIpc) is 3.02. The molecule has 3 rings (SSSR count). The molecule has 0 fully saturated rings. The Hall–Kier alpha value is -2.32. The van der Waals surface area contributed by atoms with Crippen molar-refractivity contribution in [2.75, 3.05) is 20.0 Å². The number of nitrogens with zero attached hydrogens (tertiary/aromatic N) is 2. The zero-order valence-corrected chi connectivity index (χ0v) is 17.5. The molecule has 2 aromatic carbocycles. The summed E-state index contributed by atoms with van der Waals surface area (Å²) in [4.78, 5) is 18.2. The smallest absolute Gasteiger partial charge is 0.258 e. The lowest BCUT2D eigenvalue weighted by Gasteiger charge is -2.08. The third-order valence-corrected chi connectivity index (χ3v) is 6.07. The van der Waals surface area contributed by atoms with Crippen molar-refractivity contribution in [2.45, 2.75) is 24.8 Å². The highest BCUT2D eigenvalue weighted by Gasteiger charge is 2.13. The predicted molar refractivity (Wildman–Crippen MR) is 111 cm³/mol. The summed E-state index contributed by atoms with van der Waals surface area (Å²) < 4.78 is 26.8. The van der Waals surface area contributed by atoms with Crippen molar-refractivity contribution in [1.29, 1.82) is 0 Å². The van der Waals surface area contributed by atoms with Crippen LogP contribution in [0.15, 0.2) is 46.3 Å². The fourth-order valence-electron chi connectivity index (χ4n) is 2.74. The van der Waals surface area contributed by atoms with Crippen molar-refractivity contribution < 1.29 is 18.7 Å². The number of benzene rings is 2. The Bertz CT molecular complexity index is 1040. The van der Waals surface area contributed by atoms with Gasteiger partial charge in [0.1, 0.15) is 5.82 Å². The van der Waals surface area contributed by atoms with E-state index >= 15 is 0 Å². The number of thiazole rings is 1. The Morgan fingerprint density at radius 3 is 2.50 bits per heavy atom. The molecule has 0 N–H and O–H groups in total. The van der Waals surface area contributed by atoms with Crippen LogP contribution in [-0.4, -0.2) is 30.4 Å². The quantitative estimate of drug-likeness (QED) is 0.529. The third kappa shape index (κ3) is 4.56. The number of carbonyl (C=O) groups is 1. The number of ether oxygens (including phenoxy) is 2. The van der Waals surface area contributed by atoms with E-state index in [2.05, 4.69) is 11.9 Å². The first kappa shape index (κ1) is 20.4. The molecule has 5 nitrogen and oxygen atoms in total. The van der Waals surface area contributed by atoms with Crippen LogP contribution in [0.2, 0.25) is 0 Å². The molecule has 3 aromatic rings. The number of hydrogen-bond donors (Lipinski definition) is 0. The Morgan fingerprint density at radius 2 is 1.86 bits per heavy atom. The maximum Gasteiger partial charge on any atom is 0.258 e. The molecule has 28 heavy (non-hydrogen) atoms. The molecule has 148 valence electrons. The summed E-state index contributed by atoms with van der Waals surface area (Å²) in [5, 5.41) is 0. The molecular formula is C20H21FN2O3S2. The maximum atomic E-state index is 13.0. The van der Waals surface area contributed by atoms with Crippen LogP contribution in [0.5, 0.6) is 11.5 Å². The van der Waals surface area contributed by atoms with Crippen molar-refractivity contribution in [1.82, 2.24) is 4.57 Å². The monoisotopic (exact) mass is 420 g/mol. The van der Waals surface area contributed by atoms with E-state index in [0.717, 1.165) is 28.1 Å². The van der Waals surface area contributed by atoms with E-state index in [1.54, 1.807) is 26.4 Å². The van der Waals surface area contributed by atoms with Gasteiger partial charge >= 0.3 is 0 Å². The molecule has 0 aliphatic heterocycles. The van der Waals surface area contributed by atoms with E-state index in [4.69, 9.17) is 9.47 Å². The Labute approximate surface area is 170 Å². The Morgan fingerprint density at radius 1 is 1.18 bits per heavy atom. The number of hydrogen-bond acceptors (Lipinski definition) is 5. The van der Waals surface area contributed by atoms with Gasteiger partial charge in [0.15, 0.2) is 16.3 Å². The number of methoxy groups -OCH3 is 2. The lowest BCUT2D eigenvalue weighted by atomic mass is 10.3. The van der Waals surface area contributed by atoms with Gasteiger partial charge in [-0.3, -0.25) is 4.79 Å². The number of aromatic nitrogens is 1. The lowest BCUT2D eigenvalue weighted by molar-refractivity contribution is -0.115. The lowest BCUT2D eigenvalue weighted by Crippen LogP contribution is -2.17. The van der Waals surface area contributed by atoms with Crippen LogP contribution in [-0.2, 0) is 11.3 Å². The molecule has 0 spiro atoms. The van der Waals surface area contributed by atoms with Crippen LogP contribution in [0, 0.1) is 5.82 Å². The predicted octanol–water partition coefficient (Wildman–Crippen LogP) is 4.49. The Balaban J connectivity index is 1.92. The first-order valence-electron chi connectivity index (χ1n) is 8.77. The van der Waals surface area contributed by atoms with Crippen molar-refractivity contribution in [3.05, 3.63) is 47.0 Å². The van der Waals surface area contributed by atoms with Crippen molar-refractivity contribution in [3.63, 3.8) is 0 Å². The fourth-order valence-corrected chi connectivity index (χ4v) is 4.50. The van der Waals surface area contributed by atoms with Gasteiger partial charge in [0.25, 0.3) is 5.91 Å². The molecule has 0 atom stereocenters. The molecule has 0 radical (unpaired) electrons. The topological polar surface area (TPSA) is 52.8 Å². The SMILES string of the molecule is CCCn1c(=NC(=O)CSc2ccc(F)cc2)sc2cc(OC)c(OC)cc21. The first-order valence-corrected chi connectivity index (χ1v) is 10.6. The number of carbonyl (C=O) groups excluding carboxylic acids is 1.